The van der Waals surface area contributed by atoms with Crippen molar-refractivity contribution in [2.45, 2.75) is 30.1 Å². The van der Waals surface area contributed by atoms with E-state index in [1.54, 1.807) is 84.2 Å². The van der Waals surface area contributed by atoms with Crippen molar-refractivity contribution in [1.29, 1.82) is 0 Å². The van der Waals surface area contributed by atoms with Crippen LogP contribution in [-0.4, -0.2) is 87.9 Å². The molecule has 0 atom stereocenters. The van der Waals surface area contributed by atoms with Gasteiger partial charge in [0.25, 0.3) is 0 Å². The molecule has 1 heterocycles. The lowest BCUT2D eigenvalue weighted by Gasteiger charge is -2.23. The predicted octanol–water partition coefficient (Wildman–Crippen LogP) is 6.84. The molecule has 1 aliphatic rings. The summed E-state index contributed by atoms with van der Waals surface area (Å²) >= 11 is 10.5. The van der Waals surface area contributed by atoms with Crippen molar-refractivity contribution in [2.75, 3.05) is 62.4 Å². The van der Waals surface area contributed by atoms with Gasteiger partial charge in [-0.25, -0.2) is 16.8 Å². The molecule has 0 aromatic heterocycles. The molecule has 246 valence electrons. The Morgan fingerprint density at radius 2 is 0.978 bits per heavy atom. The number of hydrogen-bond donors (Lipinski definition) is 0. The lowest BCUT2D eigenvalue weighted by molar-refractivity contribution is 0.239. The fourth-order valence-corrected chi connectivity index (χ4v) is 10.2. The van der Waals surface area contributed by atoms with Gasteiger partial charge in [-0.15, -0.1) is 0 Å². The summed E-state index contributed by atoms with van der Waals surface area (Å²) < 4.78 is 71.1. The van der Waals surface area contributed by atoms with Crippen molar-refractivity contribution in [1.82, 2.24) is 8.61 Å². The Morgan fingerprint density at radius 1 is 0.600 bits per heavy atom. The van der Waals surface area contributed by atoms with Gasteiger partial charge < -0.3 is 9.47 Å². The highest BCUT2D eigenvalue weighted by molar-refractivity contribution is 9.13. The number of fused-ring (bicyclic) bond motifs is 1. The van der Waals surface area contributed by atoms with E-state index in [-0.39, 0.29) is 36.1 Å². The van der Waals surface area contributed by atoms with Crippen LogP contribution in [0.2, 0.25) is 0 Å². The summed E-state index contributed by atoms with van der Waals surface area (Å²) in [7, 11) is -7.45. The summed E-state index contributed by atoms with van der Waals surface area (Å²) in [5.41, 5.74) is 1.98. The predicted molar refractivity (Wildman–Crippen MR) is 192 cm³/mol. The fourth-order valence-electron chi connectivity index (χ4n) is 4.47. The van der Waals surface area contributed by atoms with Gasteiger partial charge in [-0.2, -0.15) is 32.1 Å². The number of thioether (sulfide) groups is 2. The van der Waals surface area contributed by atoms with Gasteiger partial charge in [-0.3, -0.25) is 0 Å². The summed E-state index contributed by atoms with van der Waals surface area (Å²) in [6.45, 7) is 5.08. The highest BCUT2D eigenvalue weighted by Gasteiger charge is 2.26. The van der Waals surface area contributed by atoms with Crippen LogP contribution in [0.1, 0.15) is 17.5 Å². The summed E-state index contributed by atoms with van der Waals surface area (Å²) in [5, 5.41) is 0. The standard InChI is InChI=1S/C31H38Br2N2O6S4/c1-24-4-8-26(9-5-24)44(36,37)34-12-16-40-30-22-28(32)29(33)23-31(30)41-17-13-35(15-21-43-19-3-18-42-20-14-34)45(38,39)27-10-6-25(2)7-11-27/h4-11,22-23H,3,12-21H2,1-2H3. The molecular weight excluding hydrogens is 784 g/mol. The first-order valence-electron chi connectivity index (χ1n) is 14.5. The van der Waals surface area contributed by atoms with E-state index in [2.05, 4.69) is 31.9 Å². The van der Waals surface area contributed by atoms with Crippen LogP contribution < -0.4 is 9.47 Å². The molecule has 0 amide bonds. The van der Waals surface area contributed by atoms with Crippen LogP contribution in [0.4, 0.5) is 0 Å². The molecule has 0 unspecified atom stereocenters. The molecule has 0 spiro atoms. The van der Waals surface area contributed by atoms with Crippen LogP contribution in [0.5, 0.6) is 11.5 Å². The molecule has 45 heavy (non-hydrogen) atoms. The second-order valence-electron chi connectivity index (χ2n) is 10.4. The molecule has 0 N–H and O–H groups in total. The van der Waals surface area contributed by atoms with E-state index < -0.39 is 20.0 Å². The Balaban J connectivity index is 1.55. The number of halogens is 2. The quantitative estimate of drug-likeness (QED) is 0.283. The van der Waals surface area contributed by atoms with Gasteiger partial charge in [0.05, 0.1) is 9.79 Å². The third kappa shape index (κ3) is 10.4. The minimum Gasteiger partial charge on any atom is -0.488 e. The Hall–Kier alpha value is -1.26. The minimum absolute atomic E-state index is 0.102. The Bertz CT molecular complexity index is 1500. The molecule has 0 bridgehead atoms. The smallest absolute Gasteiger partial charge is 0.243 e. The maximum Gasteiger partial charge on any atom is 0.243 e. The average molecular weight is 823 g/mol. The Morgan fingerprint density at radius 3 is 1.36 bits per heavy atom. The zero-order valence-electron chi connectivity index (χ0n) is 25.3. The molecule has 4 rings (SSSR count). The monoisotopic (exact) mass is 820 g/mol. The van der Waals surface area contributed by atoms with Crippen molar-refractivity contribution < 1.29 is 26.3 Å². The molecule has 8 nitrogen and oxygen atoms in total. The van der Waals surface area contributed by atoms with E-state index in [0.29, 0.717) is 36.1 Å². The zero-order chi connectivity index (χ0) is 32.5. The van der Waals surface area contributed by atoms with E-state index in [1.165, 1.54) is 8.61 Å². The lowest BCUT2D eigenvalue weighted by Crippen LogP contribution is -2.36. The summed E-state index contributed by atoms with van der Waals surface area (Å²) in [6, 6.07) is 17.3. The van der Waals surface area contributed by atoms with Gasteiger partial charge >= 0.3 is 0 Å². The van der Waals surface area contributed by atoms with Crippen LogP contribution in [-0.2, 0) is 20.0 Å². The van der Waals surface area contributed by atoms with Crippen molar-refractivity contribution >= 4 is 75.4 Å². The maximum atomic E-state index is 13.6. The minimum atomic E-state index is -3.72. The molecule has 0 saturated heterocycles. The number of sulfonamides is 2. The fraction of sp³-hybridized carbons (Fsp3) is 0.419. The third-order valence-electron chi connectivity index (χ3n) is 7.05. The number of rotatable bonds is 4. The summed E-state index contributed by atoms with van der Waals surface area (Å²) in [4.78, 5) is 0.516. The first-order valence-corrected chi connectivity index (χ1v) is 21.3. The zero-order valence-corrected chi connectivity index (χ0v) is 31.7. The van der Waals surface area contributed by atoms with E-state index in [1.807, 2.05) is 13.8 Å². The summed E-state index contributed by atoms with van der Waals surface area (Å²) in [5.74, 6) is 3.92. The first kappa shape index (κ1) is 36.6. The van der Waals surface area contributed by atoms with Gasteiger partial charge in [0.15, 0.2) is 11.5 Å². The van der Waals surface area contributed by atoms with E-state index >= 15 is 0 Å². The number of nitrogens with zero attached hydrogens (tertiary/aromatic N) is 2. The van der Waals surface area contributed by atoms with Gasteiger partial charge in [0.1, 0.15) is 13.2 Å². The Labute approximate surface area is 293 Å². The average Bonchev–Trinajstić information content (AvgIpc) is 3.00. The first-order chi connectivity index (χ1) is 21.5. The third-order valence-corrected chi connectivity index (χ3v) is 14.8. The van der Waals surface area contributed by atoms with E-state index in [9.17, 15) is 16.8 Å². The van der Waals surface area contributed by atoms with Crippen LogP contribution >= 0.6 is 55.4 Å². The number of aryl methyl sites for hydroxylation is 2. The highest BCUT2D eigenvalue weighted by atomic mass is 79.9. The van der Waals surface area contributed by atoms with Gasteiger partial charge in [0.2, 0.25) is 20.0 Å². The van der Waals surface area contributed by atoms with Crippen LogP contribution in [0.3, 0.4) is 0 Å². The summed E-state index contributed by atoms with van der Waals surface area (Å²) in [6.07, 6.45) is 0.941. The van der Waals surface area contributed by atoms with Crippen LogP contribution in [0.15, 0.2) is 79.4 Å². The molecule has 14 heteroatoms. The van der Waals surface area contributed by atoms with Gasteiger partial charge in [-0.05, 0) is 100 Å². The van der Waals surface area contributed by atoms with Crippen molar-refractivity contribution in [2.24, 2.45) is 0 Å². The second kappa shape index (κ2) is 17.2. The largest absolute Gasteiger partial charge is 0.488 e. The second-order valence-corrected chi connectivity index (χ2v) is 18.5. The van der Waals surface area contributed by atoms with Crippen LogP contribution in [0.25, 0.3) is 0 Å². The topological polar surface area (TPSA) is 93.2 Å². The van der Waals surface area contributed by atoms with E-state index in [4.69, 9.17) is 9.47 Å². The molecule has 0 saturated carbocycles. The van der Waals surface area contributed by atoms with Crippen molar-refractivity contribution in [3.8, 4) is 11.5 Å². The van der Waals surface area contributed by atoms with Gasteiger partial charge in [-0.1, -0.05) is 35.4 Å². The SMILES string of the molecule is Cc1ccc(S(=O)(=O)N2CCOc3cc(Br)c(Br)cc3OCCN(S(=O)(=O)c3ccc(C)cc3)CCSCCCSCC2)cc1. The van der Waals surface area contributed by atoms with Crippen LogP contribution in [0, 0.1) is 13.8 Å². The highest BCUT2D eigenvalue weighted by Crippen LogP contribution is 2.36. The maximum absolute atomic E-state index is 13.6. The van der Waals surface area contributed by atoms with Crippen molar-refractivity contribution in [3.63, 3.8) is 0 Å². The molecule has 1 aliphatic heterocycles. The van der Waals surface area contributed by atoms with Gasteiger partial charge in [0, 0.05) is 46.6 Å². The van der Waals surface area contributed by atoms with E-state index in [0.717, 1.165) is 38.0 Å². The molecule has 0 fully saturated rings. The lowest BCUT2D eigenvalue weighted by atomic mass is 10.2. The Kier molecular flexibility index (Phi) is 14.0. The normalized spacial score (nSPS) is 17.6. The molecule has 0 radical (unpaired) electrons. The molecular formula is C31H38Br2N2O6S4. The van der Waals surface area contributed by atoms with Crippen molar-refractivity contribution in [3.05, 3.63) is 80.7 Å². The number of hydrogen-bond acceptors (Lipinski definition) is 8. The number of benzene rings is 3. The molecule has 3 aromatic rings. The molecule has 3 aromatic carbocycles. The number of ether oxygens (including phenoxy) is 2. The molecule has 0 aliphatic carbocycles.